The number of rotatable bonds is 4. The molecular formula is C19H19FN4OS. The molecule has 1 saturated heterocycles. The third-order valence-corrected chi connectivity index (χ3v) is 5.70. The minimum absolute atomic E-state index is 0.0251. The molecule has 1 amide bonds. The van der Waals surface area contributed by atoms with E-state index in [-0.39, 0.29) is 12.3 Å². The molecule has 0 saturated carbocycles. The van der Waals surface area contributed by atoms with Crippen molar-refractivity contribution in [1.82, 2.24) is 14.9 Å². The van der Waals surface area contributed by atoms with Gasteiger partial charge in [0.05, 0.1) is 18.5 Å². The highest BCUT2D eigenvalue weighted by Gasteiger charge is 2.23. The zero-order valence-electron chi connectivity index (χ0n) is 14.3. The highest BCUT2D eigenvalue weighted by molar-refractivity contribution is 7.21. The Morgan fingerprint density at radius 2 is 1.88 bits per heavy atom. The van der Waals surface area contributed by atoms with Gasteiger partial charge in [0.2, 0.25) is 5.91 Å². The highest BCUT2D eigenvalue weighted by atomic mass is 32.1. The summed E-state index contributed by atoms with van der Waals surface area (Å²) in [5.74, 6) is 0.799. The quantitative estimate of drug-likeness (QED) is 0.707. The van der Waals surface area contributed by atoms with Gasteiger partial charge < -0.3 is 9.80 Å². The van der Waals surface area contributed by atoms with Crippen molar-refractivity contribution in [2.75, 3.05) is 37.8 Å². The average molecular weight is 370 g/mol. The summed E-state index contributed by atoms with van der Waals surface area (Å²) in [7, 11) is 0. The molecule has 1 aliphatic rings. The molecule has 3 heterocycles. The molecule has 1 aliphatic heterocycles. The van der Waals surface area contributed by atoms with E-state index in [0.717, 1.165) is 16.0 Å². The van der Waals surface area contributed by atoms with Crippen LogP contribution in [0.5, 0.6) is 0 Å². The molecule has 134 valence electrons. The van der Waals surface area contributed by atoms with E-state index in [0.29, 0.717) is 26.2 Å². The van der Waals surface area contributed by atoms with Crippen LogP contribution in [0.1, 0.15) is 6.42 Å². The van der Waals surface area contributed by atoms with Crippen LogP contribution in [0.2, 0.25) is 0 Å². The maximum atomic E-state index is 12.4. The normalized spacial score (nSPS) is 14.8. The SMILES string of the molecule is O=C(CCF)N1CCN(c2ncnc3sc(-c4ccccc4)cc23)CC1. The van der Waals surface area contributed by atoms with Crippen LogP contribution in [0, 0.1) is 0 Å². The smallest absolute Gasteiger partial charge is 0.225 e. The van der Waals surface area contributed by atoms with Gasteiger partial charge in [-0.2, -0.15) is 0 Å². The first kappa shape index (κ1) is 16.9. The average Bonchev–Trinajstić information content (AvgIpc) is 3.13. The van der Waals surface area contributed by atoms with Gasteiger partial charge in [-0.05, 0) is 11.6 Å². The molecule has 4 rings (SSSR count). The third-order valence-electron chi connectivity index (χ3n) is 4.61. The summed E-state index contributed by atoms with van der Waals surface area (Å²) in [6, 6.07) is 12.4. The summed E-state index contributed by atoms with van der Waals surface area (Å²) in [6.45, 7) is 1.99. The Bertz CT molecular complexity index is 906. The number of halogens is 1. The van der Waals surface area contributed by atoms with Crippen LogP contribution in [-0.4, -0.2) is 53.6 Å². The highest BCUT2D eigenvalue weighted by Crippen LogP contribution is 2.36. The standard InChI is InChI=1S/C19H19FN4OS/c20-7-6-17(25)23-8-10-24(11-9-23)18-15-12-16(14-4-2-1-3-5-14)26-19(15)22-13-21-18/h1-5,12-13H,6-11H2. The van der Waals surface area contributed by atoms with Crippen molar-refractivity contribution >= 4 is 33.3 Å². The molecule has 1 fully saturated rings. The number of nitrogens with zero attached hydrogens (tertiary/aromatic N) is 4. The number of benzene rings is 1. The molecule has 0 N–H and O–H groups in total. The molecular weight excluding hydrogens is 351 g/mol. The van der Waals surface area contributed by atoms with Crippen LogP contribution < -0.4 is 4.90 Å². The number of aromatic nitrogens is 2. The van der Waals surface area contributed by atoms with Crippen LogP contribution in [0.4, 0.5) is 10.2 Å². The van der Waals surface area contributed by atoms with E-state index < -0.39 is 6.67 Å². The van der Waals surface area contributed by atoms with Crippen molar-refractivity contribution in [2.24, 2.45) is 0 Å². The molecule has 1 aromatic carbocycles. The molecule has 0 atom stereocenters. The van der Waals surface area contributed by atoms with Gasteiger partial charge in [-0.15, -0.1) is 11.3 Å². The summed E-state index contributed by atoms with van der Waals surface area (Å²) in [6.07, 6.45) is 1.58. The third kappa shape index (κ3) is 3.26. The Morgan fingerprint density at radius 1 is 1.12 bits per heavy atom. The fraction of sp³-hybridized carbons (Fsp3) is 0.316. The second-order valence-electron chi connectivity index (χ2n) is 6.20. The molecule has 0 unspecified atom stereocenters. The summed E-state index contributed by atoms with van der Waals surface area (Å²) >= 11 is 1.66. The van der Waals surface area contributed by atoms with Crippen molar-refractivity contribution in [3.63, 3.8) is 0 Å². The van der Waals surface area contributed by atoms with Gasteiger partial charge in [0.15, 0.2) is 0 Å². The van der Waals surface area contributed by atoms with Gasteiger partial charge in [0.1, 0.15) is 17.0 Å². The first-order chi connectivity index (χ1) is 12.8. The first-order valence-electron chi connectivity index (χ1n) is 8.65. The Morgan fingerprint density at radius 3 is 2.62 bits per heavy atom. The monoisotopic (exact) mass is 370 g/mol. The lowest BCUT2D eigenvalue weighted by atomic mass is 10.2. The van der Waals surface area contributed by atoms with Gasteiger partial charge >= 0.3 is 0 Å². The van der Waals surface area contributed by atoms with Crippen LogP contribution in [0.3, 0.4) is 0 Å². The van der Waals surface area contributed by atoms with Gasteiger partial charge in [-0.25, -0.2) is 9.97 Å². The van der Waals surface area contributed by atoms with E-state index in [1.54, 1.807) is 22.6 Å². The van der Waals surface area contributed by atoms with Crippen molar-refractivity contribution in [3.05, 3.63) is 42.7 Å². The molecule has 7 heteroatoms. The Labute approximate surface area is 155 Å². The number of hydrogen-bond acceptors (Lipinski definition) is 5. The van der Waals surface area contributed by atoms with Gasteiger partial charge in [-0.3, -0.25) is 9.18 Å². The predicted molar refractivity (Wildman–Crippen MR) is 102 cm³/mol. The zero-order valence-corrected chi connectivity index (χ0v) is 15.1. The van der Waals surface area contributed by atoms with E-state index in [1.807, 2.05) is 18.2 Å². The van der Waals surface area contributed by atoms with E-state index in [4.69, 9.17) is 0 Å². The number of anilines is 1. The summed E-state index contributed by atoms with van der Waals surface area (Å²) in [5, 5.41) is 1.04. The van der Waals surface area contributed by atoms with Crippen LogP contribution >= 0.6 is 11.3 Å². The second-order valence-corrected chi connectivity index (χ2v) is 7.23. The maximum absolute atomic E-state index is 12.4. The minimum atomic E-state index is -0.594. The van der Waals surface area contributed by atoms with E-state index in [2.05, 4.69) is 33.1 Å². The lowest BCUT2D eigenvalue weighted by Gasteiger charge is -2.35. The fourth-order valence-electron chi connectivity index (χ4n) is 3.25. The molecule has 0 spiro atoms. The van der Waals surface area contributed by atoms with Gasteiger partial charge in [0, 0.05) is 31.1 Å². The maximum Gasteiger partial charge on any atom is 0.225 e. The zero-order chi connectivity index (χ0) is 17.9. The Kier molecular flexibility index (Phi) is 4.79. The number of carbonyl (C=O) groups excluding carboxylic acids is 1. The van der Waals surface area contributed by atoms with E-state index in [9.17, 15) is 9.18 Å². The first-order valence-corrected chi connectivity index (χ1v) is 9.46. The molecule has 2 aromatic heterocycles. The lowest BCUT2D eigenvalue weighted by molar-refractivity contribution is -0.131. The number of fused-ring (bicyclic) bond motifs is 1. The number of hydrogen-bond donors (Lipinski definition) is 0. The summed E-state index contributed by atoms with van der Waals surface area (Å²) < 4.78 is 12.4. The van der Waals surface area contributed by atoms with Crippen LogP contribution in [0.15, 0.2) is 42.7 Å². The van der Waals surface area contributed by atoms with Crippen molar-refractivity contribution < 1.29 is 9.18 Å². The number of amides is 1. The summed E-state index contributed by atoms with van der Waals surface area (Å²) in [4.78, 5) is 26.8. The van der Waals surface area contributed by atoms with Gasteiger partial charge in [-0.1, -0.05) is 30.3 Å². The van der Waals surface area contributed by atoms with Crippen molar-refractivity contribution in [2.45, 2.75) is 6.42 Å². The molecule has 26 heavy (non-hydrogen) atoms. The largest absolute Gasteiger partial charge is 0.352 e. The van der Waals surface area contributed by atoms with E-state index in [1.165, 1.54) is 10.4 Å². The fourth-order valence-corrected chi connectivity index (χ4v) is 4.25. The van der Waals surface area contributed by atoms with Crippen molar-refractivity contribution in [1.29, 1.82) is 0 Å². The lowest BCUT2D eigenvalue weighted by Crippen LogP contribution is -2.49. The Balaban J connectivity index is 1.58. The molecule has 0 aliphatic carbocycles. The number of piperazine rings is 1. The topological polar surface area (TPSA) is 49.3 Å². The number of thiophene rings is 1. The number of carbonyl (C=O) groups is 1. The molecule has 0 bridgehead atoms. The van der Waals surface area contributed by atoms with Crippen molar-refractivity contribution in [3.8, 4) is 10.4 Å². The van der Waals surface area contributed by atoms with Crippen LogP contribution in [0.25, 0.3) is 20.7 Å². The summed E-state index contributed by atoms with van der Waals surface area (Å²) in [5.41, 5.74) is 1.17. The van der Waals surface area contributed by atoms with E-state index >= 15 is 0 Å². The van der Waals surface area contributed by atoms with Gasteiger partial charge in [0.25, 0.3) is 0 Å². The molecule has 0 radical (unpaired) electrons. The second kappa shape index (κ2) is 7.37. The number of alkyl halides is 1. The Hall–Kier alpha value is -2.54. The predicted octanol–water partition coefficient (Wildman–Crippen LogP) is 3.37. The minimum Gasteiger partial charge on any atom is -0.352 e. The molecule has 5 nitrogen and oxygen atoms in total. The van der Waals surface area contributed by atoms with Crippen LogP contribution in [-0.2, 0) is 4.79 Å². The molecule has 3 aromatic rings.